The molecule has 0 aliphatic heterocycles. The first kappa shape index (κ1) is 17.5. The fourth-order valence-electron chi connectivity index (χ4n) is 2.10. The van der Waals surface area contributed by atoms with E-state index < -0.39 is 10.8 Å². The van der Waals surface area contributed by atoms with Gasteiger partial charge in [-0.1, -0.05) is 0 Å². The third-order valence-corrected chi connectivity index (χ3v) is 4.38. The Morgan fingerprint density at radius 3 is 2.58 bits per heavy atom. The summed E-state index contributed by atoms with van der Waals surface area (Å²) in [5, 5.41) is 13.5. The molecule has 0 fully saturated rings. The van der Waals surface area contributed by atoms with Crippen LogP contribution >= 0.6 is 11.3 Å². The van der Waals surface area contributed by atoms with Crippen LogP contribution in [-0.4, -0.2) is 15.8 Å². The number of benzene rings is 1. The molecule has 2 heterocycles. The maximum absolute atomic E-state index is 12.9. The highest BCUT2D eigenvalue weighted by atomic mass is 32.1. The van der Waals surface area contributed by atoms with Crippen LogP contribution in [0.3, 0.4) is 0 Å². The fraction of sp³-hybridized carbons (Fsp3) is 0.0588. The number of halogens is 1. The first-order valence-electron chi connectivity index (χ1n) is 7.38. The number of aryl methyl sites for hydroxylation is 1. The molecule has 3 rings (SSSR count). The highest BCUT2D eigenvalue weighted by Gasteiger charge is 2.19. The Morgan fingerprint density at radius 2 is 2.00 bits per heavy atom. The lowest BCUT2D eigenvalue weighted by Gasteiger charge is -2.06. The van der Waals surface area contributed by atoms with E-state index in [1.54, 1.807) is 19.1 Å². The van der Waals surface area contributed by atoms with Crippen LogP contribution in [-0.2, 0) is 0 Å². The molecule has 1 aromatic carbocycles. The maximum Gasteiger partial charge on any atom is 0.283 e. The van der Waals surface area contributed by atoms with Crippen molar-refractivity contribution in [2.45, 2.75) is 6.92 Å². The van der Waals surface area contributed by atoms with Crippen molar-refractivity contribution in [2.24, 2.45) is 0 Å². The topological polar surface area (TPSA) is 94.4 Å². The molecule has 0 aliphatic rings. The number of carbonyl (C=O) groups is 1. The number of nitrogens with one attached hydrogen (secondary N) is 1. The Labute approximate surface area is 151 Å². The van der Waals surface area contributed by atoms with Gasteiger partial charge in [-0.15, -0.1) is 11.3 Å². The number of thiophene rings is 1. The maximum atomic E-state index is 12.9. The van der Waals surface area contributed by atoms with Crippen LogP contribution in [0.1, 0.15) is 14.5 Å². The van der Waals surface area contributed by atoms with Gasteiger partial charge in [-0.05, 0) is 37.3 Å². The summed E-state index contributed by atoms with van der Waals surface area (Å²) in [6.07, 6.45) is 1.39. The summed E-state index contributed by atoms with van der Waals surface area (Å²) in [5.74, 6) is -0.123. The lowest BCUT2D eigenvalue weighted by Crippen LogP contribution is -2.10. The average Bonchev–Trinajstić information content (AvgIpc) is 3.01. The summed E-state index contributed by atoms with van der Waals surface area (Å²) >= 11 is 1.05. The molecule has 0 spiro atoms. The Bertz CT molecular complexity index is 955. The van der Waals surface area contributed by atoms with Crippen LogP contribution in [0.25, 0.3) is 0 Å². The third-order valence-electron chi connectivity index (χ3n) is 3.34. The second-order valence-corrected chi connectivity index (χ2v) is 6.46. The fourth-order valence-corrected chi connectivity index (χ4v) is 2.98. The summed E-state index contributed by atoms with van der Waals surface area (Å²) in [6, 6.07) is 9.85. The molecule has 0 unspecified atom stereocenters. The molecule has 26 heavy (non-hydrogen) atoms. The van der Waals surface area contributed by atoms with Gasteiger partial charge < -0.3 is 10.1 Å². The van der Waals surface area contributed by atoms with Crippen molar-refractivity contribution in [1.82, 2.24) is 4.98 Å². The van der Waals surface area contributed by atoms with E-state index in [9.17, 15) is 19.3 Å². The minimum atomic E-state index is -0.522. The summed E-state index contributed by atoms with van der Waals surface area (Å²) in [7, 11) is 0. The van der Waals surface area contributed by atoms with Crippen LogP contribution in [0.2, 0.25) is 0 Å². The highest BCUT2D eigenvalue weighted by Crippen LogP contribution is 2.28. The van der Waals surface area contributed by atoms with Gasteiger partial charge in [-0.3, -0.25) is 14.9 Å². The number of ether oxygens (including phenoxy) is 1. The van der Waals surface area contributed by atoms with E-state index in [4.69, 9.17) is 4.74 Å². The Kier molecular flexibility index (Phi) is 4.90. The molecule has 7 nitrogen and oxygen atoms in total. The summed E-state index contributed by atoms with van der Waals surface area (Å²) < 4.78 is 18.3. The molecule has 1 amide bonds. The zero-order valence-electron chi connectivity index (χ0n) is 13.4. The van der Waals surface area contributed by atoms with E-state index in [0.29, 0.717) is 16.3 Å². The van der Waals surface area contributed by atoms with E-state index in [1.165, 1.54) is 36.5 Å². The second-order valence-electron chi connectivity index (χ2n) is 5.20. The van der Waals surface area contributed by atoms with Crippen LogP contribution in [0.5, 0.6) is 11.6 Å². The molecule has 2 aromatic heterocycles. The van der Waals surface area contributed by atoms with Crippen molar-refractivity contribution in [1.29, 1.82) is 0 Å². The number of anilines is 1. The predicted octanol–water partition coefficient (Wildman–Crippen LogP) is 4.54. The second kappa shape index (κ2) is 7.28. The standard InChI is InChI=1S/C17H12FN3O4S/c1-10-14(21(23)24)8-15(26-10)17(22)20-12-4-7-16(19-9-12)25-13-5-2-11(18)3-6-13/h2-9H,1H3,(H,20,22). The molecule has 0 aliphatic carbocycles. The first-order valence-corrected chi connectivity index (χ1v) is 8.19. The molecule has 1 N–H and O–H groups in total. The SMILES string of the molecule is Cc1sc(C(=O)Nc2ccc(Oc3ccc(F)cc3)nc2)cc1[N+](=O)[O-]. The molecule has 0 saturated heterocycles. The monoisotopic (exact) mass is 373 g/mol. The number of amides is 1. The van der Waals surface area contributed by atoms with E-state index in [1.807, 2.05) is 0 Å². The van der Waals surface area contributed by atoms with Crippen molar-refractivity contribution >= 4 is 28.6 Å². The molecule has 9 heteroatoms. The third kappa shape index (κ3) is 4.01. The van der Waals surface area contributed by atoms with E-state index >= 15 is 0 Å². The van der Waals surface area contributed by atoms with E-state index in [2.05, 4.69) is 10.3 Å². The number of pyridine rings is 1. The largest absolute Gasteiger partial charge is 0.439 e. The van der Waals surface area contributed by atoms with Crippen LogP contribution in [0.15, 0.2) is 48.7 Å². The van der Waals surface area contributed by atoms with Gasteiger partial charge in [0, 0.05) is 12.1 Å². The molecule has 0 bridgehead atoms. The minimum absolute atomic E-state index is 0.0821. The number of carbonyl (C=O) groups excluding carboxylic acids is 1. The van der Waals surface area contributed by atoms with Gasteiger partial charge in [0.2, 0.25) is 5.88 Å². The van der Waals surface area contributed by atoms with Crippen molar-refractivity contribution in [3.63, 3.8) is 0 Å². The summed E-state index contributed by atoms with van der Waals surface area (Å²) in [6.45, 7) is 1.59. The van der Waals surface area contributed by atoms with Gasteiger partial charge in [-0.2, -0.15) is 0 Å². The molecule has 3 aromatic rings. The molecule has 0 radical (unpaired) electrons. The predicted molar refractivity (Wildman–Crippen MR) is 94.4 cm³/mol. The van der Waals surface area contributed by atoms with Gasteiger partial charge in [0.05, 0.1) is 26.6 Å². The summed E-state index contributed by atoms with van der Waals surface area (Å²) in [5.41, 5.74) is 0.330. The van der Waals surface area contributed by atoms with Crippen LogP contribution in [0, 0.1) is 22.9 Å². The molecular weight excluding hydrogens is 361 g/mol. The minimum Gasteiger partial charge on any atom is -0.439 e. The first-order chi connectivity index (χ1) is 12.4. The van der Waals surface area contributed by atoms with Gasteiger partial charge in [0.25, 0.3) is 11.6 Å². The van der Waals surface area contributed by atoms with Gasteiger partial charge in [-0.25, -0.2) is 9.37 Å². The average molecular weight is 373 g/mol. The van der Waals surface area contributed by atoms with Crippen molar-refractivity contribution in [3.05, 3.63) is 74.3 Å². The number of nitro groups is 1. The zero-order valence-corrected chi connectivity index (χ0v) is 14.2. The van der Waals surface area contributed by atoms with Gasteiger partial charge in [0.1, 0.15) is 11.6 Å². The molecule has 0 atom stereocenters. The van der Waals surface area contributed by atoms with E-state index in [-0.39, 0.29) is 22.3 Å². The van der Waals surface area contributed by atoms with Crippen LogP contribution in [0.4, 0.5) is 15.8 Å². The molecule has 132 valence electrons. The van der Waals surface area contributed by atoms with Crippen LogP contribution < -0.4 is 10.1 Å². The lowest BCUT2D eigenvalue weighted by atomic mass is 10.3. The summed E-state index contributed by atoms with van der Waals surface area (Å²) in [4.78, 5) is 27.3. The van der Waals surface area contributed by atoms with Crippen molar-refractivity contribution < 1.29 is 18.8 Å². The highest BCUT2D eigenvalue weighted by molar-refractivity contribution is 7.14. The van der Waals surface area contributed by atoms with Gasteiger partial charge in [0.15, 0.2) is 0 Å². The number of rotatable bonds is 5. The Morgan fingerprint density at radius 1 is 1.27 bits per heavy atom. The lowest BCUT2D eigenvalue weighted by molar-refractivity contribution is -0.385. The Balaban J connectivity index is 1.67. The smallest absolute Gasteiger partial charge is 0.283 e. The zero-order chi connectivity index (χ0) is 18.7. The number of nitrogens with zero attached hydrogens (tertiary/aromatic N) is 2. The Hall–Kier alpha value is -3.33. The molecule has 0 saturated carbocycles. The van der Waals surface area contributed by atoms with E-state index in [0.717, 1.165) is 11.3 Å². The van der Waals surface area contributed by atoms with Crippen molar-refractivity contribution in [3.8, 4) is 11.6 Å². The number of hydrogen-bond acceptors (Lipinski definition) is 6. The van der Waals surface area contributed by atoms with Gasteiger partial charge >= 0.3 is 0 Å². The number of aromatic nitrogens is 1. The molecular formula is C17H12FN3O4S. The quantitative estimate of drug-likeness (QED) is 0.523. The number of hydrogen-bond donors (Lipinski definition) is 1. The van der Waals surface area contributed by atoms with Crippen molar-refractivity contribution in [2.75, 3.05) is 5.32 Å². The normalized spacial score (nSPS) is 10.4.